The van der Waals surface area contributed by atoms with E-state index >= 15 is 0 Å². The van der Waals surface area contributed by atoms with Gasteiger partial charge in [-0.3, -0.25) is 4.79 Å². The second-order valence-corrected chi connectivity index (χ2v) is 5.55. The van der Waals surface area contributed by atoms with Crippen LogP contribution in [0.1, 0.15) is 31.2 Å². The summed E-state index contributed by atoms with van der Waals surface area (Å²) < 4.78 is 33.1. The van der Waals surface area contributed by atoms with E-state index in [2.05, 4.69) is 10.3 Å². The summed E-state index contributed by atoms with van der Waals surface area (Å²) in [6, 6.07) is 2.41. The van der Waals surface area contributed by atoms with E-state index in [4.69, 9.17) is 9.84 Å². The Hall–Kier alpha value is -1.76. The first kappa shape index (κ1) is 16.6. The second kappa shape index (κ2) is 7.00. The fourth-order valence-electron chi connectivity index (χ4n) is 2.64. The number of rotatable bonds is 5. The molecule has 0 spiro atoms. The summed E-state index contributed by atoms with van der Waals surface area (Å²) in [5.74, 6) is -4.10. The number of ether oxygens (including phenoxy) is 1. The predicted octanol–water partition coefficient (Wildman–Crippen LogP) is 2.46. The number of carbonyl (C=O) groups is 1. The average Bonchev–Trinajstić information content (AvgIpc) is 2.64. The predicted molar refractivity (Wildman–Crippen MR) is 76.0 cm³/mol. The Labute approximate surface area is 127 Å². The smallest absolute Gasteiger partial charge is 0.306 e. The van der Waals surface area contributed by atoms with E-state index in [1.807, 2.05) is 0 Å². The molecule has 0 saturated heterocycles. The lowest BCUT2D eigenvalue weighted by Crippen LogP contribution is -2.43. The van der Waals surface area contributed by atoms with Crippen LogP contribution in [0.15, 0.2) is 18.3 Å². The first-order valence-corrected chi connectivity index (χ1v) is 7.25. The van der Waals surface area contributed by atoms with Crippen molar-refractivity contribution in [3.05, 3.63) is 23.9 Å². The first-order chi connectivity index (χ1) is 10.4. The molecular weight excluding hydrogens is 294 g/mol. The first-order valence-electron chi connectivity index (χ1n) is 7.25. The number of halogens is 2. The maximum atomic E-state index is 14.1. The fraction of sp³-hybridized carbons (Fsp3) is 0.600. The number of methoxy groups -OCH3 is 1. The molecule has 0 bridgehead atoms. The molecule has 2 N–H and O–H groups in total. The van der Waals surface area contributed by atoms with E-state index in [9.17, 15) is 13.6 Å². The molecule has 1 saturated carbocycles. The zero-order valence-corrected chi connectivity index (χ0v) is 12.4. The van der Waals surface area contributed by atoms with Gasteiger partial charge in [-0.25, -0.2) is 13.8 Å². The van der Waals surface area contributed by atoms with Crippen LogP contribution < -0.4 is 10.1 Å². The second-order valence-electron chi connectivity index (χ2n) is 5.55. The van der Waals surface area contributed by atoms with Gasteiger partial charge in [0, 0.05) is 25.2 Å². The van der Waals surface area contributed by atoms with E-state index in [0.29, 0.717) is 5.88 Å². The van der Waals surface area contributed by atoms with Crippen LogP contribution in [0.2, 0.25) is 0 Å². The van der Waals surface area contributed by atoms with E-state index < -0.39 is 30.3 Å². The van der Waals surface area contributed by atoms with Gasteiger partial charge in [0.1, 0.15) is 0 Å². The number of aliphatic carboxylic acids is 1. The minimum Gasteiger partial charge on any atom is -0.481 e. The van der Waals surface area contributed by atoms with Gasteiger partial charge < -0.3 is 15.2 Å². The molecular formula is C15H20F2N2O3. The molecule has 0 radical (unpaired) electrons. The van der Waals surface area contributed by atoms with Gasteiger partial charge >= 0.3 is 5.97 Å². The molecule has 5 nitrogen and oxygen atoms in total. The SMILES string of the molecule is COc1ccc(CN[C@@H]2CC[C@@H](C(=O)O)CCC2(F)F)cn1. The van der Waals surface area contributed by atoms with Gasteiger partial charge in [-0.15, -0.1) is 0 Å². The Kier molecular flexibility index (Phi) is 5.28. The zero-order chi connectivity index (χ0) is 16.2. The maximum Gasteiger partial charge on any atom is 0.306 e. The number of carboxylic acids is 1. The van der Waals surface area contributed by atoms with Gasteiger partial charge in [0.2, 0.25) is 5.88 Å². The summed E-state index contributed by atoms with van der Waals surface area (Å²) in [5, 5.41) is 11.8. The molecule has 1 heterocycles. The summed E-state index contributed by atoms with van der Waals surface area (Å²) in [6.45, 7) is 0.259. The summed E-state index contributed by atoms with van der Waals surface area (Å²) >= 11 is 0. The van der Waals surface area contributed by atoms with Crippen LogP contribution in [-0.4, -0.2) is 35.1 Å². The number of aromatic nitrogens is 1. The van der Waals surface area contributed by atoms with Crippen LogP contribution in [0.3, 0.4) is 0 Å². The van der Waals surface area contributed by atoms with E-state index in [0.717, 1.165) is 5.56 Å². The third-order valence-electron chi connectivity index (χ3n) is 4.05. The highest BCUT2D eigenvalue weighted by Gasteiger charge is 2.42. The highest BCUT2D eigenvalue weighted by molar-refractivity contribution is 5.69. The lowest BCUT2D eigenvalue weighted by Gasteiger charge is -2.25. The van der Waals surface area contributed by atoms with Crippen LogP contribution in [-0.2, 0) is 11.3 Å². The lowest BCUT2D eigenvalue weighted by molar-refractivity contribution is -0.142. The van der Waals surface area contributed by atoms with Crippen molar-refractivity contribution in [3.63, 3.8) is 0 Å². The highest BCUT2D eigenvalue weighted by Crippen LogP contribution is 2.35. The van der Waals surface area contributed by atoms with E-state index in [1.165, 1.54) is 7.11 Å². The van der Waals surface area contributed by atoms with Gasteiger partial charge in [-0.05, 0) is 24.8 Å². The summed E-state index contributed by atoms with van der Waals surface area (Å²) in [7, 11) is 1.51. The molecule has 1 aliphatic rings. The van der Waals surface area contributed by atoms with Gasteiger partial charge in [-0.1, -0.05) is 6.07 Å². The van der Waals surface area contributed by atoms with Crippen molar-refractivity contribution >= 4 is 5.97 Å². The van der Waals surface area contributed by atoms with Gasteiger partial charge in [-0.2, -0.15) is 0 Å². The van der Waals surface area contributed by atoms with Gasteiger partial charge in [0.05, 0.1) is 19.1 Å². The van der Waals surface area contributed by atoms with E-state index in [-0.39, 0.29) is 25.8 Å². The van der Waals surface area contributed by atoms with Crippen LogP contribution in [0.25, 0.3) is 0 Å². The van der Waals surface area contributed by atoms with Crippen molar-refractivity contribution in [2.45, 2.75) is 44.2 Å². The van der Waals surface area contributed by atoms with Crippen molar-refractivity contribution in [1.82, 2.24) is 10.3 Å². The average molecular weight is 314 g/mol. The molecule has 0 amide bonds. The van der Waals surface area contributed by atoms with Crippen molar-refractivity contribution in [2.75, 3.05) is 7.11 Å². The Bertz CT molecular complexity index is 508. The van der Waals surface area contributed by atoms with Gasteiger partial charge in [0.15, 0.2) is 0 Å². The number of pyridine rings is 1. The number of carboxylic acid groups (broad SMARTS) is 1. The van der Waals surface area contributed by atoms with E-state index in [1.54, 1.807) is 18.3 Å². The minimum atomic E-state index is -2.90. The molecule has 2 rings (SSSR count). The molecule has 0 aliphatic heterocycles. The normalized spacial score (nSPS) is 24.5. The fourth-order valence-corrected chi connectivity index (χ4v) is 2.64. The molecule has 122 valence electrons. The topological polar surface area (TPSA) is 71.5 Å². The summed E-state index contributed by atoms with van der Waals surface area (Å²) in [5.41, 5.74) is 0.774. The van der Waals surface area contributed by atoms with Crippen LogP contribution in [0, 0.1) is 5.92 Å². The van der Waals surface area contributed by atoms with Crippen LogP contribution >= 0.6 is 0 Å². The molecule has 1 aliphatic carbocycles. The maximum absolute atomic E-state index is 14.1. The van der Waals surface area contributed by atoms with Crippen LogP contribution in [0.5, 0.6) is 5.88 Å². The quantitative estimate of drug-likeness (QED) is 0.817. The molecule has 22 heavy (non-hydrogen) atoms. The third-order valence-corrected chi connectivity index (χ3v) is 4.05. The largest absolute Gasteiger partial charge is 0.481 e. The monoisotopic (exact) mass is 314 g/mol. The number of hydrogen-bond donors (Lipinski definition) is 2. The van der Waals surface area contributed by atoms with Crippen molar-refractivity contribution < 1.29 is 23.4 Å². The standard InChI is InChI=1S/C15H20F2N2O3/c1-22-13-5-2-10(9-19-13)8-18-12-4-3-11(14(20)21)6-7-15(12,16)17/h2,5,9,11-12,18H,3-4,6-8H2,1H3,(H,20,21)/t11-,12-/m1/s1. The summed E-state index contributed by atoms with van der Waals surface area (Å²) in [6.07, 6.45) is 1.60. The lowest BCUT2D eigenvalue weighted by atomic mass is 10.0. The number of alkyl halides is 2. The van der Waals surface area contributed by atoms with Crippen molar-refractivity contribution in [2.24, 2.45) is 5.92 Å². The molecule has 0 unspecified atom stereocenters. The number of nitrogens with zero attached hydrogens (tertiary/aromatic N) is 1. The molecule has 1 aromatic rings. The van der Waals surface area contributed by atoms with Crippen molar-refractivity contribution in [1.29, 1.82) is 0 Å². The third kappa shape index (κ3) is 4.13. The van der Waals surface area contributed by atoms with Crippen LogP contribution in [0.4, 0.5) is 8.78 Å². The number of nitrogens with one attached hydrogen (secondary N) is 1. The molecule has 1 aromatic heterocycles. The molecule has 7 heteroatoms. The Morgan fingerprint density at radius 2 is 2.23 bits per heavy atom. The molecule has 2 atom stereocenters. The minimum absolute atomic E-state index is 0.0185. The Balaban J connectivity index is 1.96. The Morgan fingerprint density at radius 1 is 1.45 bits per heavy atom. The Morgan fingerprint density at radius 3 is 2.82 bits per heavy atom. The summed E-state index contributed by atoms with van der Waals surface area (Å²) in [4.78, 5) is 15.0. The zero-order valence-electron chi connectivity index (χ0n) is 12.4. The highest BCUT2D eigenvalue weighted by atomic mass is 19.3. The number of hydrogen-bond acceptors (Lipinski definition) is 4. The van der Waals surface area contributed by atoms with Crippen molar-refractivity contribution in [3.8, 4) is 5.88 Å². The van der Waals surface area contributed by atoms with Gasteiger partial charge in [0.25, 0.3) is 5.92 Å². The molecule has 0 aromatic carbocycles. The molecule has 1 fully saturated rings.